The predicted octanol–water partition coefficient (Wildman–Crippen LogP) is 3.19. The van der Waals surface area contributed by atoms with Crippen LogP contribution in [0.3, 0.4) is 0 Å². The van der Waals surface area contributed by atoms with E-state index in [0.717, 1.165) is 39.5 Å². The second kappa shape index (κ2) is 17.4. The lowest BCUT2D eigenvalue weighted by Gasteiger charge is -1.98. The van der Waals surface area contributed by atoms with Crippen LogP contribution in [0.1, 0.15) is 13.8 Å². The molecule has 5 rings (SSSR count). The molecule has 5 aromatic rings. The number of anilines is 1. The molecule has 17 heteroatoms. The normalized spacial score (nSPS) is 9.59. The van der Waals surface area contributed by atoms with Gasteiger partial charge in [0, 0.05) is 18.5 Å². The fraction of sp³-hybridized carbons (Fsp3) is 0.148. The minimum absolute atomic E-state index is 0. The van der Waals surface area contributed by atoms with Crippen LogP contribution in [0.15, 0.2) is 76.7 Å². The number of carbonyl (C=O) groups excluding carboxylic acids is 2. The minimum Gasteiger partial charge on any atom is -0.493 e. The summed E-state index contributed by atoms with van der Waals surface area (Å²) in [7, 11) is 2.43. The first kappa shape index (κ1) is 36.5. The van der Waals surface area contributed by atoms with Gasteiger partial charge in [-0.3, -0.25) is 28.0 Å². The van der Waals surface area contributed by atoms with E-state index >= 15 is 0 Å². The molecule has 0 saturated carbocycles. The first-order valence-electron chi connectivity index (χ1n) is 11.6. The van der Waals surface area contributed by atoms with E-state index in [1.165, 1.54) is 50.6 Å². The molecule has 0 atom stereocenters. The van der Waals surface area contributed by atoms with Crippen LogP contribution in [-0.2, 0) is 19.1 Å². The molecule has 0 bridgehead atoms. The number of carbonyl (C=O) groups is 2. The number of aromatic nitrogens is 5. The maximum absolute atomic E-state index is 12.7. The summed E-state index contributed by atoms with van der Waals surface area (Å²) in [6.45, 7) is 0. The molecule has 3 N–H and O–H groups in total. The van der Waals surface area contributed by atoms with E-state index in [9.17, 15) is 32.3 Å². The highest BCUT2D eigenvalue weighted by Crippen LogP contribution is 2.06. The van der Waals surface area contributed by atoms with E-state index in [1.54, 1.807) is 0 Å². The zero-order chi connectivity index (χ0) is 32.1. The van der Waals surface area contributed by atoms with Crippen molar-refractivity contribution >= 4 is 40.7 Å². The number of hydrogen-bond acceptors (Lipinski definition) is 11. The third-order valence-corrected chi connectivity index (χ3v) is 4.89. The lowest BCUT2D eigenvalue weighted by atomic mass is 10.4. The predicted molar refractivity (Wildman–Crippen MR) is 154 cm³/mol. The van der Waals surface area contributed by atoms with Crippen LogP contribution >= 0.6 is 11.6 Å². The number of hydrogen-bond donors (Lipinski definition) is 2. The van der Waals surface area contributed by atoms with Gasteiger partial charge in [0.05, 0.1) is 26.5 Å². The van der Waals surface area contributed by atoms with Gasteiger partial charge in [0.1, 0.15) is 46.1 Å². The number of fused-ring (bicyclic) bond motifs is 2. The monoisotopic (exact) mass is 638 g/mol. The van der Waals surface area contributed by atoms with Crippen molar-refractivity contribution in [3.8, 4) is 5.88 Å². The highest BCUT2D eigenvalue weighted by Gasteiger charge is 2.07. The Balaban J connectivity index is 0.000000298. The summed E-state index contributed by atoms with van der Waals surface area (Å²) >= 11 is 5.55. The highest BCUT2D eigenvalue weighted by atomic mass is 35.5. The topological polar surface area (TPSA) is 180 Å². The zero-order valence-corrected chi connectivity index (χ0v) is 23.0. The van der Waals surface area contributed by atoms with Crippen molar-refractivity contribution in [2.24, 2.45) is 0 Å². The van der Waals surface area contributed by atoms with Crippen LogP contribution in [0, 0.1) is 17.5 Å². The number of aromatic hydroxyl groups is 1. The van der Waals surface area contributed by atoms with Crippen LogP contribution in [0.4, 0.5) is 19.0 Å². The van der Waals surface area contributed by atoms with Crippen molar-refractivity contribution in [1.82, 2.24) is 23.8 Å². The molecular formula is C27H26ClF3N6O7. The molecule has 0 aliphatic rings. The summed E-state index contributed by atoms with van der Waals surface area (Å²) in [6.07, 6.45) is 2.85. The van der Waals surface area contributed by atoms with Gasteiger partial charge in [-0.15, -0.1) is 0 Å². The number of rotatable bonds is 2. The number of ether oxygens (including phenoxy) is 2. The number of methoxy groups -OCH3 is 2. The number of halogens is 4. The Morgan fingerprint density at radius 2 is 1.32 bits per heavy atom. The molecule has 0 amide bonds. The third-order valence-electron chi connectivity index (χ3n) is 4.70. The minimum atomic E-state index is -0.582. The van der Waals surface area contributed by atoms with E-state index in [2.05, 4.69) is 24.4 Å². The quantitative estimate of drug-likeness (QED) is 0.165. The molecule has 0 aromatic carbocycles. The number of esters is 2. The summed E-state index contributed by atoms with van der Waals surface area (Å²) in [5, 5.41) is 9.07. The van der Waals surface area contributed by atoms with Crippen LogP contribution in [0.25, 0.3) is 11.3 Å². The van der Waals surface area contributed by atoms with Gasteiger partial charge >= 0.3 is 11.9 Å². The Morgan fingerprint density at radius 1 is 0.841 bits per heavy atom. The van der Waals surface area contributed by atoms with E-state index in [0.29, 0.717) is 11.5 Å². The summed E-state index contributed by atoms with van der Waals surface area (Å²) in [4.78, 5) is 53.8. The van der Waals surface area contributed by atoms with Crippen LogP contribution in [0.2, 0.25) is 5.15 Å². The zero-order valence-electron chi connectivity index (χ0n) is 22.3. The van der Waals surface area contributed by atoms with Crippen molar-refractivity contribution in [2.75, 3.05) is 20.0 Å². The maximum Gasteiger partial charge on any atom is 0.316 e. The Hall–Kier alpha value is -5.51. The van der Waals surface area contributed by atoms with E-state index in [-0.39, 0.29) is 36.3 Å². The molecule has 0 radical (unpaired) electrons. The highest BCUT2D eigenvalue weighted by molar-refractivity contribution is 6.29. The van der Waals surface area contributed by atoms with Gasteiger partial charge in [-0.2, -0.15) is 4.98 Å². The fourth-order valence-corrected chi connectivity index (χ4v) is 2.94. The van der Waals surface area contributed by atoms with Crippen LogP contribution < -0.4 is 16.9 Å². The molecule has 44 heavy (non-hydrogen) atoms. The Kier molecular flexibility index (Phi) is 14.5. The molecule has 0 saturated heterocycles. The first-order valence-corrected chi connectivity index (χ1v) is 11.9. The molecule has 0 aliphatic carbocycles. The average Bonchev–Trinajstić information content (AvgIpc) is 2.96. The Morgan fingerprint density at radius 3 is 1.77 bits per heavy atom. The summed E-state index contributed by atoms with van der Waals surface area (Å²) < 4.78 is 47.8. The number of pyridine rings is 3. The van der Waals surface area contributed by atoms with Crippen molar-refractivity contribution in [1.29, 1.82) is 0 Å². The lowest BCUT2D eigenvalue weighted by Crippen LogP contribution is -2.13. The fourth-order valence-electron chi connectivity index (χ4n) is 2.76. The van der Waals surface area contributed by atoms with Crippen molar-refractivity contribution in [2.45, 2.75) is 13.8 Å². The molecule has 5 aromatic heterocycles. The molecule has 234 valence electrons. The van der Waals surface area contributed by atoms with Crippen LogP contribution in [-0.4, -0.2) is 55.0 Å². The number of nitrogens with two attached hydrogens (primary N) is 1. The number of nitrogen functional groups attached to an aromatic ring is 1. The van der Waals surface area contributed by atoms with Gasteiger partial charge < -0.3 is 20.3 Å². The van der Waals surface area contributed by atoms with Crippen molar-refractivity contribution in [3.63, 3.8) is 0 Å². The second-order valence-corrected chi connectivity index (χ2v) is 8.14. The summed E-state index contributed by atoms with van der Waals surface area (Å²) in [5.41, 5.74) is 4.79. The Bertz CT molecular complexity index is 1700. The lowest BCUT2D eigenvalue weighted by molar-refractivity contribution is -0.151. The van der Waals surface area contributed by atoms with Gasteiger partial charge in [0.2, 0.25) is 5.88 Å². The molecule has 0 fully saturated rings. The third kappa shape index (κ3) is 11.8. The van der Waals surface area contributed by atoms with Crippen molar-refractivity contribution < 1.29 is 37.3 Å². The molecule has 0 unspecified atom stereocenters. The van der Waals surface area contributed by atoms with Crippen LogP contribution in [0.5, 0.6) is 5.88 Å². The first-order chi connectivity index (χ1) is 20.3. The van der Waals surface area contributed by atoms with E-state index < -0.39 is 34.7 Å². The summed E-state index contributed by atoms with van der Waals surface area (Å²) in [5.74, 6) is -2.56. The second-order valence-electron chi connectivity index (χ2n) is 7.75. The van der Waals surface area contributed by atoms with Gasteiger partial charge in [-0.05, 0) is 36.4 Å². The van der Waals surface area contributed by atoms with Gasteiger partial charge in [-0.25, -0.2) is 23.1 Å². The van der Waals surface area contributed by atoms with E-state index in [1.807, 2.05) is 0 Å². The molecular weight excluding hydrogens is 613 g/mol. The molecule has 13 nitrogen and oxygen atoms in total. The smallest absolute Gasteiger partial charge is 0.316 e. The van der Waals surface area contributed by atoms with Gasteiger partial charge in [0.25, 0.3) is 11.1 Å². The maximum atomic E-state index is 12.7. The SMILES string of the molecule is C.COC(=O)CC(=O)OC.Nc1ccc(F)cn1.O=c1cc(Cl)nc2ccc(F)cn12.O=c1cc(O)nc2ccc(F)cn12. The van der Waals surface area contributed by atoms with Crippen molar-refractivity contribution in [3.05, 3.63) is 110 Å². The Labute approximate surface area is 251 Å². The summed E-state index contributed by atoms with van der Waals surface area (Å²) in [6, 6.07) is 9.83. The standard InChI is InChI=1S/C8H4ClFN2O.C8H5FN2O2.C5H5FN2.C5H8O4.CH4/c9-6-3-8(13)12-4-5(10)1-2-7(12)11-6;9-5-1-2-6-10-7(12)3-8(13)11(6)4-5;6-4-1-2-5(7)8-3-4;1-8-4(6)3-5(7)9-2;/h1-4H;1-4,12H;1-3H,(H2,7,8);3H2,1-2H3;1H4. The van der Waals surface area contributed by atoms with Gasteiger partial charge in [-0.1, -0.05) is 19.0 Å². The largest absolute Gasteiger partial charge is 0.493 e. The average molecular weight is 639 g/mol. The number of nitrogens with zero attached hydrogens (tertiary/aromatic N) is 5. The molecule has 0 aliphatic heterocycles. The van der Waals surface area contributed by atoms with Gasteiger partial charge in [0.15, 0.2) is 0 Å². The molecule has 0 spiro atoms. The molecule has 5 heterocycles. The van der Waals surface area contributed by atoms with E-state index in [4.69, 9.17) is 22.4 Å².